The van der Waals surface area contributed by atoms with Crippen molar-refractivity contribution >= 4 is 22.6 Å². The van der Waals surface area contributed by atoms with Crippen molar-refractivity contribution in [2.45, 2.75) is 6.42 Å². The number of aryl methyl sites for hydroxylation is 1. The molecule has 5 heteroatoms. The Balaban J connectivity index is 2.10. The maximum Gasteiger partial charge on any atom is 0.319 e. The second-order valence-electron chi connectivity index (χ2n) is 4.13. The molecule has 1 aromatic heterocycles. The van der Waals surface area contributed by atoms with Crippen LogP contribution in [0.5, 0.6) is 0 Å². The van der Waals surface area contributed by atoms with Crippen LogP contribution in [0.1, 0.15) is 6.42 Å². The number of fused-ring (bicyclic) bond motifs is 1. The van der Waals surface area contributed by atoms with E-state index in [0.717, 1.165) is 16.6 Å². The van der Waals surface area contributed by atoms with E-state index in [4.69, 9.17) is 5.11 Å². The summed E-state index contributed by atoms with van der Waals surface area (Å²) in [4.78, 5) is 11.6. The number of urea groups is 1. The highest BCUT2D eigenvalue weighted by Crippen LogP contribution is 2.24. The van der Waals surface area contributed by atoms with E-state index >= 15 is 0 Å². The van der Waals surface area contributed by atoms with Crippen LogP contribution in [0, 0.1) is 0 Å². The zero-order valence-corrected chi connectivity index (χ0v) is 10.3. The Hall–Kier alpha value is -2.01. The van der Waals surface area contributed by atoms with Gasteiger partial charge in [0.15, 0.2) is 0 Å². The Morgan fingerprint density at radius 3 is 2.94 bits per heavy atom. The Labute approximate surface area is 105 Å². The summed E-state index contributed by atoms with van der Waals surface area (Å²) in [6.45, 7) is 0.543. The van der Waals surface area contributed by atoms with Crippen molar-refractivity contribution in [1.82, 2.24) is 9.88 Å². The molecular formula is C13H17N3O2. The van der Waals surface area contributed by atoms with Crippen LogP contribution in [0.25, 0.3) is 10.9 Å². The number of benzene rings is 1. The first-order valence-electron chi connectivity index (χ1n) is 5.92. The van der Waals surface area contributed by atoms with Crippen molar-refractivity contribution in [3.05, 3.63) is 30.5 Å². The molecule has 0 spiro atoms. The number of hydrogen-bond acceptors (Lipinski definition) is 2. The molecule has 96 valence electrons. The number of aliphatic hydroxyl groups is 1. The molecule has 1 heterocycles. The van der Waals surface area contributed by atoms with Gasteiger partial charge in [-0.2, -0.15) is 0 Å². The molecule has 1 aromatic carbocycles. The van der Waals surface area contributed by atoms with E-state index in [0.29, 0.717) is 13.0 Å². The fourth-order valence-corrected chi connectivity index (χ4v) is 1.89. The standard InChI is InChI=1S/C13H17N3O2/c1-16-9-11(10-5-2-3-6-12(10)16)15-13(18)14-7-4-8-17/h2-3,5-6,9,17H,4,7-8H2,1H3,(H2,14,15,18). The first-order chi connectivity index (χ1) is 8.72. The van der Waals surface area contributed by atoms with Gasteiger partial charge in [-0.3, -0.25) is 0 Å². The van der Waals surface area contributed by atoms with Crippen LogP contribution in [0.4, 0.5) is 10.5 Å². The van der Waals surface area contributed by atoms with Crippen molar-refractivity contribution in [3.8, 4) is 0 Å². The third-order valence-corrected chi connectivity index (χ3v) is 2.77. The summed E-state index contributed by atoms with van der Waals surface area (Å²) in [5, 5.41) is 15.1. The monoisotopic (exact) mass is 247 g/mol. The Morgan fingerprint density at radius 1 is 1.39 bits per heavy atom. The van der Waals surface area contributed by atoms with Crippen LogP contribution in [-0.4, -0.2) is 28.9 Å². The minimum absolute atomic E-state index is 0.0779. The third kappa shape index (κ3) is 2.62. The number of carbonyl (C=O) groups excluding carboxylic acids is 1. The highest BCUT2D eigenvalue weighted by atomic mass is 16.3. The summed E-state index contributed by atoms with van der Waals surface area (Å²) in [5.74, 6) is 0. The molecule has 0 saturated carbocycles. The summed E-state index contributed by atoms with van der Waals surface area (Å²) in [6, 6.07) is 7.63. The predicted octanol–water partition coefficient (Wildman–Crippen LogP) is 1.68. The molecule has 0 saturated heterocycles. The summed E-state index contributed by atoms with van der Waals surface area (Å²) in [6.07, 6.45) is 2.44. The number of hydrogen-bond donors (Lipinski definition) is 3. The van der Waals surface area contributed by atoms with E-state index in [1.165, 1.54) is 0 Å². The molecule has 0 aliphatic rings. The van der Waals surface area contributed by atoms with Crippen LogP contribution in [0.3, 0.4) is 0 Å². The number of carbonyl (C=O) groups is 1. The van der Waals surface area contributed by atoms with Crippen LogP contribution >= 0.6 is 0 Å². The molecule has 2 aromatic rings. The van der Waals surface area contributed by atoms with Gasteiger partial charge < -0.3 is 20.3 Å². The average Bonchev–Trinajstić information content (AvgIpc) is 2.67. The minimum Gasteiger partial charge on any atom is -0.396 e. The van der Waals surface area contributed by atoms with E-state index in [9.17, 15) is 4.79 Å². The molecule has 0 unspecified atom stereocenters. The fraction of sp³-hybridized carbons (Fsp3) is 0.308. The zero-order valence-electron chi connectivity index (χ0n) is 10.3. The summed E-state index contributed by atoms with van der Waals surface area (Å²) < 4.78 is 1.97. The smallest absolute Gasteiger partial charge is 0.319 e. The van der Waals surface area contributed by atoms with Gasteiger partial charge in [0.05, 0.1) is 5.69 Å². The molecule has 3 N–H and O–H groups in total. The lowest BCUT2D eigenvalue weighted by atomic mass is 10.2. The average molecular weight is 247 g/mol. The Morgan fingerprint density at radius 2 is 2.17 bits per heavy atom. The van der Waals surface area contributed by atoms with Crippen molar-refractivity contribution in [2.75, 3.05) is 18.5 Å². The van der Waals surface area contributed by atoms with Crippen molar-refractivity contribution in [1.29, 1.82) is 0 Å². The van der Waals surface area contributed by atoms with Crippen molar-refractivity contribution < 1.29 is 9.90 Å². The molecule has 0 bridgehead atoms. The van der Waals surface area contributed by atoms with Gasteiger partial charge >= 0.3 is 6.03 Å². The van der Waals surface area contributed by atoms with Crippen LogP contribution in [0.15, 0.2) is 30.5 Å². The first-order valence-corrected chi connectivity index (χ1v) is 5.92. The summed E-state index contributed by atoms with van der Waals surface area (Å²) >= 11 is 0. The van der Waals surface area contributed by atoms with E-state index in [1.54, 1.807) is 0 Å². The highest BCUT2D eigenvalue weighted by Gasteiger charge is 2.08. The molecule has 0 radical (unpaired) electrons. The van der Waals surface area contributed by atoms with E-state index < -0.39 is 0 Å². The lowest BCUT2D eigenvalue weighted by molar-refractivity contribution is 0.249. The van der Waals surface area contributed by atoms with Gasteiger partial charge in [0.2, 0.25) is 0 Å². The Kier molecular flexibility index (Phi) is 3.84. The maximum absolute atomic E-state index is 11.6. The molecule has 5 nitrogen and oxygen atoms in total. The predicted molar refractivity (Wildman–Crippen MR) is 71.6 cm³/mol. The van der Waals surface area contributed by atoms with Gasteiger partial charge in [-0.05, 0) is 12.5 Å². The quantitative estimate of drug-likeness (QED) is 0.720. The fourth-order valence-electron chi connectivity index (χ4n) is 1.89. The molecule has 0 aliphatic heterocycles. The molecule has 2 amide bonds. The third-order valence-electron chi connectivity index (χ3n) is 2.77. The number of nitrogens with one attached hydrogen (secondary N) is 2. The molecule has 0 aliphatic carbocycles. The topological polar surface area (TPSA) is 66.3 Å². The summed E-state index contributed by atoms with van der Waals surface area (Å²) in [7, 11) is 1.94. The van der Waals surface area contributed by atoms with E-state index in [1.807, 2.05) is 42.1 Å². The molecule has 2 rings (SSSR count). The van der Waals surface area contributed by atoms with Gasteiger partial charge in [0, 0.05) is 37.3 Å². The van der Waals surface area contributed by atoms with Crippen molar-refractivity contribution in [3.63, 3.8) is 0 Å². The number of amides is 2. The molecule has 0 fully saturated rings. The second-order valence-corrected chi connectivity index (χ2v) is 4.13. The van der Waals surface area contributed by atoms with Gasteiger partial charge in [0.1, 0.15) is 0 Å². The van der Waals surface area contributed by atoms with Gasteiger partial charge in [-0.25, -0.2) is 4.79 Å². The number of anilines is 1. The number of aliphatic hydroxyl groups excluding tert-OH is 1. The lowest BCUT2D eigenvalue weighted by Gasteiger charge is -2.05. The number of para-hydroxylation sites is 1. The number of aromatic nitrogens is 1. The molecule has 18 heavy (non-hydrogen) atoms. The van der Waals surface area contributed by atoms with Gasteiger partial charge in [-0.15, -0.1) is 0 Å². The van der Waals surface area contributed by atoms with Crippen LogP contribution in [0.2, 0.25) is 0 Å². The Bertz CT molecular complexity index is 548. The van der Waals surface area contributed by atoms with Gasteiger partial charge in [-0.1, -0.05) is 18.2 Å². The largest absolute Gasteiger partial charge is 0.396 e. The second kappa shape index (κ2) is 5.55. The number of nitrogens with zero attached hydrogens (tertiary/aromatic N) is 1. The SMILES string of the molecule is Cn1cc(NC(=O)NCCCO)c2ccccc21. The normalized spacial score (nSPS) is 10.6. The van der Waals surface area contributed by atoms with Crippen LogP contribution in [-0.2, 0) is 7.05 Å². The lowest BCUT2D eigenvalue weighted by Crippen LogP contribution is -2.29. The van der Waals surface area contributed by atoms with E-state index in [-0.39, 0.29) is 12.6 Å². The highest BCUT2D eigenvalue weighted by molar-refractivity contribution is 6.01. The summed E-state index contributed by atoms with van der Waals surface area (Å²) in [5.41, 5.74) is 1.86. The number of rotatable bonds is 4. The molecule has 0 atom stereocenters. The molecular weight excluding hydrogens is 230 g/mol. The zero-order chi connectivity index (χ0) is 13.0. The first kappa shape index (κ1) is 12.4. The van der Waals surface area contributed by atoms with E-state index in [2.05, 4.69) is 10.6 Å². The van der Waals surface area contributed by atoms with Crippen molar-refractivity contribution in [2.24, 2.45) is 7.05 Å². The maximum atomic E-state index is 11.6. The minimum atomic E-state index is -0.250. The van der Waals surface area contributed by atoms with Crippen LogP contribution < -0.4 is 10.6 Å². The van der Waals surface area contributed by atoms with Gasteiger partial charge in [0.25, 0.3) is 0 Å².